The Morgan fingerprint density at radius 1 is 1.23 bits per heavy atom. The van der Waals surface area contributed by atoms with Crippen molar-refractivity contribution >= 4 is 28.4 Å². The minimum Gasteiger partial charge on any atom is -0.268 e. The number of halogens is 3. The highest BCUT2D eigenvalue weighted by Crippen LogP contribution is 2.26. The van der Waals surface area contributed by atoms with Gasteiger partial charge in [0.25, 0.3) is 17.3 Å². The molecule has 0 amide bonds. The number of pyridine rings is 1. The fraction of sp³-hybridized carbons (Fsp3) is 0.231. The van der Waals surface area contributed by atoms with Crippen molar-refractivity contribution < 1.29 is 13.2 Å². The van der Waals surface area contributed by atoms with Gasteiger partial charge in [-0.05, 0) is 19.2 Å². The van der Waals surface area contributed by atoms with Gasteiger partial charge in [-0.15, -0.1) is 10.2 Å². The van der Waals surface area contributed by atoms with Crippen LogP contribution in [-0.2, 0) is 6.18 Å². The number of aryl methyl sites for hydroxylation is 1. The lowest BCUT2D eigenvalue weighted by Crippen LogP contribution is -2.21. The van der Waals surface area contributed by atoms with Crippen LogP contribution in [0.15, 0.2) is 22.2 Å². The Kier molecular flexibility index (Phi) is 3.50. The highest BCUT2D eigenvalue weighted by atomic mass is 32.2. The first-order chi connectivity index (χ1) is 12.3. The summed E-state index contributed by atoms with van der Waals surface area (Å²) in [6.45, 7) is 1.61. The van der Waals surface area contributed by atoms with Gasteiger partial charge in [0, 0.05) is 6.20 Å². The van der Waals surface area contributed by atoms with E-state index in [0.29, 0.717) is 22.1 Å². The number of nitrogens with zero attached hydrogens (tertiary/aromatic N) is 7. The molecule has 4 heterocycles. The van der Waals surface area contributed by atoms with E-state index in [1.165, 1.54) is 28.5 Å². The molecular formula is C13H9F3N8OS. The number of alkyl halides is 3. The lowest BCUT2D eigenvalue weighted by atomic mass is 10.2. The largest absolute Gasteiger partial charge is 0.451 e. The molecule has 1 N–H and O–H groups in total. The average Bonchev–Trinajstić information content (AvgIpc) is 3.21. The molecule has 0 bridgehead atoms. The molecule has 0 atom stereocenters. The fourth-order valence-corrected chi connectivity index (χ4v) is 2.84. The second-order valence-electron chi connectivity index (χ2n) is 5.24. The maximum Gasteiger partial charge on any atom is 0.451 e. The third kappa shape index (κ3) is 2.42. The molecule has 26 heavy (non-hydrogen) atoms. The number of rotatable bonds is 2. The van der Waals surface area contributed by atoms with E-state index < -0.39 is 23.5 Å². The Labute approximate surface area is 146 Å². The molecule has 134 valence electrons. The standard InChI is InChI=1S/C13H9F3N8OS/c1-5-7-6(24-10(17-5)19-12(22-24)26-2)3-4-23(8(7)25)11-18-9(20-21-11)13(14,15)16/h3-4H,1-2H3,(H,18,20,21). The summed E-state index contributed by atoms with van der Waals surface area (Å²) in [5.41, 5.74) is 0.204. The summed E-state index contributed by atoms with van der Waals surface area (Å²) >= 11 is 1.32. The second kappa shape index (κ2) is 5.52. The van der Waals surface area contributed by atoms with Gasteiger partial charge in [0.1, 0.15) is 0 Å². The van der Waals surface area contributed by atoms with Gasteiger partial charge in [0.2, 0.25) is 11.0 Å². The summed E-state index contributed by atoms with van der Waals surface area (Å²) in [4.78, 5) is 24.6. The first-order valence-electron chi connectivity index (χ1n) is 7.12. The number of hydrogen-bond acceptors (Lipinski definition) is 7. The van der Waals surface area contributed by atoms with E-state index in [4.69, 9.17) is 0 Å². The Morgan fingerprint density at radius 3 is 2.65 bits per heavy atom. The number of thioether (sulfide) groups is 1. The molecule has 0 spiro atoms. The number of hydrogen-bond donors (Lipinski definition) is 1. The molecule has 13 heteroatoms. The van der Waals surface area contributed by atoms with Gasteiger partial charge in [0.05, 0.1) is 16.6 Å². The summed E-state index contributed by atoms with van der Waals surface area (Å²) in [5, 5.41) is 10.2. The maximum absolute atomic E-state index is 12.8. The summed E-state index contributed by atoms with van der Waals surface area (Å²) in [6, 6.07) is 1.53. The van der Waals surface area contributed by atoms with Crippen molar-refractivity contribution in [3.8, 4) is 5.95 Å². The maximum atomic E-state index is 12.8. The lowest BCUT2D eigenvalue weighted by molar-refractivity contribution is -0.144. The van der Waals surface area contributed by atoms with Crippen LogP contribution in [0.25, 0.3) is 22.6 Å². The molecule has 0 aromatic carbocycles. The molecule has 0 saturated carbocycles. The quantitative estimate of drug-likeness (QED) is 0.525. The molecule has 0 unspecified atom stereocenters. The number of aromatic amines is 1. The van der Waals surface area contributed by atoms with Crippen molar-refractivity contribution in [2.45, 2.75) is 18.3 Å². The summed E-state index contributed by atoms with van der Waals surface area (Å²) in [7, 11) is 0. The van der Waals surface area contributed by atoms with Gasteiger partial charge < -0.3 is 0 Å². The van der Waals surface area contributed by atoms with Crippen molar-refractivity contribution in [3.05, 3.63) is 34.1 Å². The summed E-state index contributed by atoms with van der Waals surface area (Å²) in [6.07, 6.45) is -1.60. The Hall–Kier alpha value is -2.96. The highest BCUT2D eigenvalue weighted by Gasteiger charge is 2.35. The van der Waals surface area contributed by atoms with Gasteiger partial charge in [-0.2, -0.15) is 27.7 Å². The molecule has 9 nitrogen and oxygen atoms in total. The molecule has 4 aromatic heterocycles. The molecule has 4 rings (SSSR count). The number of fused-ring (bicyclic) bond motifs is 3. The monoisotopic (exact) mass is 382 g/mol. The van der Waals surface area contributed by atoms with Gasteiger partial charge in [-0.3, -0.25) is 9.89 Å². The van der Waals surface area contributed by atoms with Crippen LogP contribution < -0.4 is 5.56 Å². The molecular weight excluding hydrogens is 373 g/mol. The van der Waals surface area contributed by atoms with E-state index in [0.717, 1.165) is 4.57 Å². The first kappa shape index (κ1) is 16.5. The zero-order valence-corrected chi connectivity index (χ0v) is 14.1. The minimum atomic E-state index is -4.69. The zero-order chi connectivity index (χ0) is 18.6. The second-order valence-corrected chi connectivity index (χ2v) is 6.01. The SMILES string of the molecule is CSc1nc2nc(C)c3c(=O)n(-c4n[nH]c(C(F)(F)F)n4)ccc3n2n1. The zero-order valence-electron chi connectivity index (χ0n) is 13.2. The normalized spacial score (nSPS) is 12.3. The third-order valence-corrected chi connectivity index (χ3v) is 4.18. The van der Waals surface area contributed by atoms with Crippen LogP contribution in [0.1, 0.15) is 11.5 Å². The van der Waals surface area contributed by atoms with E-state index in [1.807, 2.05) is 0 Å². The molecule has 0 aliphatic rings. The first-order valence-corrected chi connectivity index (χ1v) is 8.35. The van der Waals surface area contributed by atoms with Gasteiger partial charge in [-0.1, -0.05) is 11.8 Å². The smallest absolute Gasteiger partial charge is 0.268 e. The lowest BCUT2D eigenvalue weighted by Gasteiger charge is -2.06. The molecule has 0 fully saturated rings. The third-order valence-electron chi connectivity index (χ3n) is 3.64. The van der Waals surface area contributed by atoms with Crippen LogP contribution in [0.3, 0.4) is 0 Å². The molecule has 0 aliphatic carbocycles. The van der Waals surface area contributed by atoms with Crippen molar-refractivity contribution in [1.29, 1.82) is 0 Å². The van der Waals surface area contributed by atoms with Crippen molar-refractivity contribution in [1.82, 2.24) is 39.3 Å². The van der Waals surface area contributed by atoms with E-state index in [1.54, 1.807) is 18.3 Å². The van der Waals surface area contributed by atoms with Crippen molar-refractivity contribution in [2.75, 3.05) is 6.26 Å². The highest BCUT2D eigenvalue weighted by molar-refractivity contribution is 7.98. The fourth-order valence-electron chi connectivity index (χ4n) is 2.50. The Bertz CT molecular complexity index is 1210. The number of aromatic nitrogens is 8. The van der Waals surface area contributed by atoms with Crippen LogP contribution >= 0.6 is 11.8 Å². The average molecular weight is 382 g/mol. The van der Waals surface area contributed by atoms with Gasteiger partial charge in [-0.25, -0.2) is 9.55 Å². The van der Waals surface area contributed by atoms with E-state index >= 15 is 0 Å². The van der Waals surface area contributed by atoms with Crippen LogP contribution in [0.2, 0.25) is 0 Å². The summed E-state index contributed by atoms with van der Waals surface area (Å²) < 4.78 is 40.4. The molecule has 0 radical (unpaired) electrons. The van der Waals surface area contributed by atoms with Crippen LogP contribution in [0.4, 0.5) is 13.2 Å². The number of H-pyrrole nitrogens is 1. The molecule has 0 aliphatic heterocycles. The predicted molar refractivity (Wildman–Crippen MR) is 85.3 cm³/mol. The van der Waals surface area contributed by atoms with Gasteiger partial charge >= 0.3 is 6.18 Å². The van der Waals surface area contributed by atoms with E-state index in [9.17, 15) is 18.0 Å². The Balaban J connectivity index is 1.98. The van der Waals surface area contributed by atoms with E-state index in [2.05, 4.69) is 25.1 Å². The minimum absolute atomic E-state index is 0.191. The Morgan fingerprint density at radius 2 is 2.00 bits per heavy atom. The predicted octanol–water partition coefficient (Wildman–Crippen LogP) is 1.60. The van der Waals surface area contributed by atoms with Crippen molar-refractivity contribution in [2.24, 2.45) is 0 Å². The van der Waals surface area contributed by atoms with E-state index in [-0.39, 0.29) is 5.39 Å². The molecule has 4 aromatic rings. The number of nitrogens with one attached hydrogen (secondary N) is 1. The van der Waals surface area contributed by atoms with Crippen molar-refractivity contribution in [3.63, 3.8) is 0 Å². The summed E-state index contributed by atoms with van der Waals surface area (Å²) in [5.74, 6) is -1.37. The van der Waals surface area contributed by atoms with Crippen LogP contribution in [0, 0.1) is 6.92 Å². The topological polar surface area (TPSA) is 107 Å². The molecule has 0 saturated heterocycles. The van der Waals surface area contributed by atoms with Crippen LogP contribution in [-0.4, -0.2) is 45.6 Å². The van der Waals surface area contributed by atoms with Crippen LogP contribution in [0.5, 0.6) is 0 Å². The van der Waals surface area contributed by atoms with Gasteiger partial charge in [0.15, 0.2) is 0 Å².